The third-order valence-electron chi connectivity index (χ3n) is 2.90. The zero-order valence-corrected chi connectivity index (χ0v) is 11.9. The van der Waals surface area contributed by atoms with E-state index in [0.29, 0.717) is 11.3 Å². The van der Waals surface area contributed by atoms with E-state index in [-0.39, 0.29) is 16.4 Å². The second-order valence-electron chi connectivity index (χ2n) is 4.41. The van der Waals surface area contributed by atoms with E-state index >= 15 is 0 Å². The molecule has 0 unspecified atom stereocenters. The van der Waals surface area contributed by atoms with E-state index in [1.807, 2.05) is 0 Å². The molecule has 9 nitrogen and oxygen atoms in total. The van der Waals surface area contributed by atoms with Gasteiger partial charge >= 0.3 is 5.76 Å². The summed E-state index contributed by atoms with van der Waals surface area (Å²) in [7, 11) is -2.32. The highest BCUT2D eigenvalue weighted by Gasteiger charge is 2.18. The number of hydrogen-bond donors (Lipinski definition) is 2. The van der Waals surface area contributed by atoms with Crippen LogP contribution in [0.25, 0.3) is 11.1 Å². The van der Waals surface area contributed by atoms with Crippen LogP contribution in [-0.4, -0.2) is 28.2 Å². The summed E-state index contributed by atoms with van der Waals surface area (Å²) < 4.78 is 32.9. The molecule has 0 saturated carbocycles. The second kappa shape index (κ2) is 4.45. The minimum atomic E-state index is -3.86. The number of H-pyrrole nitrogens is 1. The van der Waals surface area contributed by atoms with Gasteiger partial charge < -0.3 is 4.42 Å². The molecule has 0 aliphatic rings. The molecule has 0 spiro atoms. The molecule has 0 fully saturated rings. The van der Waals surface area contributed by atoms with E-state index in [1.165, 1.54) is 29.8 Å². The topological polar surface area (TPSA) is 123 Å². The maximum absolute atomic E-state index is 12.2. The Morgan fingerprint density at radius 3 is 2.81 bits per heavy atom. The number of aromatic nitrogens is 4. The molecule has 3 rings (SSSR count). The van der Waals surface area contributed by atoms with Crippen molar-refractivity contribution in [1.82, 2.24) is 19.7 Å². The molecule has 0 atom stereocenters. The van der Waals surface area contributed by atoms with Crippen LogP contribution in [0.15, 0.2) is 32.3 Å². The van der Waals surface area contributed by atoms with Crippen LogP contribution in [-0.2, 0) is 17.1 Å². The van der Waals surface area contributed by atoms with Crippen molar-refractivity contribution in [3.8, 4) is 0 Å². The maximum atomic E-state index is 12.2. The normalized spacial score (nSPS) is 11.9. The third kappa shape index (κ3) is 2.29. The molecule has 3 aromatic rings. The van der Waals surface area contributed by atoms with Gasteiger partial charge in [0.2, 0.25) is 0 Å². The molecule has 2 aromatic heterocycles. The first-order chi connectivity index (χ1) is 9.87. The number of fused-ring (bicyclic) bond motifs is 1. The largest absolute Gasteiger partial charge is 0.419 e. The number of anilines is 1. The molecular formula is C11H11N5O4S. The van der Waals surface area contributed by atoms with Gasteiger partial charge in [0.15, 0.2) is 5.58 Å². The summed E-state index contributed by atoms with van der Waals surface area (Å²) in [6, 6.07) is 4.15. The van der Waals surface area contributed by atoms with Crippen LogP contribution in [0, 0.1) is 6.92 Å². The Labute approximate surface area is 118 Å². The van der Waals surface area contributed by atoms with E-state index in [2.05, 4.69) is 19.9 Å². The van der Waals surface area contributed by atoms with E-state index in [1.54, 1.807) is 6.92 Å². The maximum Gasteiger partial charge on any atom is 0.419 e. The number of sulfonamides is 1. The first-order valence-corrected chi connectivity index (χ1v) is 7.36. The standard InChI is InChI=1S/C11H11N5O4S/c1-6-12-10(14-13-6)15-21(18,19)7-3-4-8-9(5-7)20-11(17)16(8)2/h3-5H,1-2H3,(H2,12,13,14,15). The smallest absolute Gasteiger partial charge is 0.408 e. The molecule has 21 heavy (non-hydrogen) atoms. The van der Waals surface area contributed by atoms with Gasteiger partial charge in [0.1, 0.15) is 5.82 Å². The molecule has 0 aliphatic carbocycles. The van der Waals surface area contributed by atoms with Crippen molar-refractivity contribution in [2.24, 2.45) is 7.05 Å². The Morgan fingerprint density at radius 1 is 1.38 bits per heavy atom. The molecule has 1 aromatic carbocycles. The molecule has 0 aliphatic heterocycles. The van der Waals surface area contributed by atoms with Crippen LogP contribution in [0.2, 0.25) is 0 Å². The average Bonchev–Trinajstić information content (AvgIpc) is 2.93. The Balaban J connectivity index is 2.04. The Bertz CT molecular complexity index is 982. The predicted molar refractivity (Wildman–Crippen MR) is 73.4 cm³/mol. The highest BCUT2D eigenvalue weighted by molar-refractivity contribution is 7.92. The molecule has 0 amide bonds. The van der Waals surface area contributed by atoms with Gasteiger partial charge in [-0.15, -0.1) is 5.10 Å². The van der Waals surface area contributed by atoms with Crippen LogP contribution >= 0.6 is 0 Å². The van der Waals surface area contributed by atoms with Crippen molar-refractivity contribution in [2.75, 3.05) is 4.72 Å². The summed E-state index contributed by atoms with van der Waals surface area (Å²) in [5, 5.41) is 6.23. The summed E-state index contributed by atoms with van der Waals surface area (Å²) in [4.78, 5) is 15.2. The van der Waals surface area contributed by atoms with Crippen LogP contribution < -0.4 is 10.5 Å². The molecule has 0 bridgehead atoms. The van der Waals surface area contributed by atoms with E-state index < -0.39 is 15.8 Å². The van der Waals surface area contributed by atoms with Gasteiger partial charge in [0.25, 0.3) is 16.0 Å². The zero-order chi connectivity index (χ0) is 15.2. The molecule has 2 N–H and O–H groups in total. The first kappa shape index (κ1) is 13.4. The summed E-state index contributed by atoms with van der Waals surface area (Å²) in [5.74, 6) is -0.128. The number of aryl methyl sites for hydroxylation is 2. The summed E-state index contributed by atoms with van der Waals surface area (Å²) in [6.45, 7) is 1.65. The van der Waals surface area contributed by atoms with Crippen molar-refractivity contribution >= 4 is 27.1 Å². The fraction of sp³-hybridized carbons (Fsp3) is 0.182. The van der Waals surface area contributed by atoms with Crippen LogP contribution in [0.5, 0.6) is 0 Å². The zero-order valence-electron chi connectivity index (χ0n) is 11.1. The number of nitrogens with one attached hydrogen (secondary N) is 2. The number of benzene rings is 1. The van der Waals surface area contributed by atoms with Crippen molar-refractivity contribution in [1.29, 1.82) is 0 Å². The lowest BCUT2D eigenvalue weighted by molar-refractivity contribution is 0.527. The Hall–Kier alpha value is -2.62. The molecule has 0 radical (unpaired) electrons. The van der Waals surface area contributed by atoms with Crippen LogP contribution in [0.1, 0.15) is 5.82 Å². The fourth-order valence-corrected chi connectivity index (χ4v) is 2.81. The second-order valence-corrected chi connectivity index (χ2v) is 6.09. The summed E-state index contributed by atoms with van der Waals surface area (Å²) >= 11 is 0. The molecular weight excluding hydrogens is 298 g/mol. The minimum Gasteiger partial charge on any atom is -0.408 e. The van der Waals surface area contributed by atoms with Gasteiger partial charge in [-0.2, -0.15) is 4.98 Å². The lowest BCUT2D eigenvalue weighted by atomic mass is 10.3. The van der Waals surface area contributed by atoms with Gasteiger partial charge in [-0.05, 0) is 19.1 Å². The van der Waals surface area contributed by atoms with Gasteiger partial charge in [-0.25, -0.2) is 17.9 Å². The van der Waals surface area contributed by atoms with E-state index in [9.17, 15) is 13.2 Å². The molecule has 110 valence electrons. The number of aromatic amines is 1. The van der Waals surface area contributed by atoms with Crippen molar-refractivity contribution < 1.29 is 12.8 Å². The monoisotopic (exact) mass is 309 g/mol. The van der Waals surface area contributed by atoms with Gasteiger partial charge in [-0.3, -0.25) is 9.67 Å². The van der Waals surface area contributed by atoms with E-state index in [4.69, 9.17) is 4.42 Å². The number of rotatable bonds is 3. The van der Waals surface area contributed by atoms with Gasteiger partial charge in [0, 0.05) is 13.1 Å². The number of hydrogen-bond acceptors (Lipinski definition) is 6. The van der Waals surface area contributed by atoms with Crippen LogP contribution in [0.3, 0.4) is 0 Å². The quantitative estimate of drug-likeness (QED) is 0.720. The molecule has 0 saturated heterocycles. The Morgan fingerprint density at radius 2 is 2.14 bits per heavy atom. The molecule has 10 heteroatoms. The number of oxazole rings is 1. The average molecular weight is 309 g/mol. The van der Waals surface area contributed by atoms with E-state index in [0.717, 1.165) is 0 Å². The fourth-order valence-electron chi connectivity index (χ4n) is 1.85. The summed E-state index contributed by atoms with van der Waals surface area (Å²) in [5.41, 5.74) is 0.698. The minimum absolute atomic E-state index is 0.0493. The Kier molecular flexibility index (Phi) is 2.83. The lowest BCUT2D eigenvalue weighted by Crippen LogP contribution is -2.14. The van der Waals surface area contributed by atoms with Crippen LogP contribution in [0.4, 0.5) is 5.95 Å². The highest BCUT2D eigenvalue weighted by Crippen LogP contribution is 2.19. The van der Waals surface area contributed by atoms with Crippen molar-refractivity contribution in [2.45, 2.75) is 11.8 Å². The van der Waals surface area contributed by atoms with Gasteiger partial charge in [0.05, 0.1) is 10.4 Å². The molecule has 2 heterocycles. The van der Waals surface area contributed by atoms with Crippen molar-refractivity contribution in [3.63, 3.8) is 0 Å². The highest BCUT2D eigenvalue weighted by atomic mass is 32.2. The number of nitrogens with zero attached hydrogens (tertiary/aromatic N) is 3. The predicted octanol–water partition coefficient (Wildman–Crippen LogP) is 0.359. The SMILES string of the molecule is Cc1nc(NS(=O)(=O)c2ccc3c(c2)oc(=O)n3C)n[nH]1. The summed E-state index contributed by atoms with van der Waals surface area (Å²) in [6.07, 6.45) is 0. The first-order valence-electron chi connectivity index (χ1n) is 5.88. The lowest BCUT2D eigenvalue weighted by Gasteiger charge is -2.04. The van der Waals surface area contributed by atoms with Crippen molar-refractivity contribution in [3.05, 3.63) is 34.6 Å². The van der Waals surface area contributed by atoms with Gasteiger partial charge in [-0.1, -0.05) is 0 Å². The third-order valence-corrected chi connectivity index (χ3v) is 4.22.